The maximum Gasteiger partial charge on any atom is 0.407 e. The van der Waals surface area contributed by atoms with Crippen molar-refractivity contribution in [2.75, 3.05) is 6.61 Å². The lowest BCUT2D eigenvalue weighted by molar-refractivity contribution is -0.0123. The minimum Gasteiger partial charge on any atom is -0.450 e. The molecule has 0 aromatic carbocycles. The summed E-state index contributed by atoms with van der Waals surface area (Å²) >= 11 is 0. The van der Waals surface area contributed by atoms with E-state index >= 15 is 0 Å². The van der Waals surface area contributed by atoms with Crippen molar-refractivity contribution in [2.24, 2.45) is 0 Å². The number of alkyl carbamates (subject to hydrolysis) is 1. The van der Waals surface area contributed by atoms with Crippen LogP contribution in [0.3, 0.4) is 0 Å². The number of ether oxygens (including phenoxy) is 1. The Kier molecular flexibility index (Phi) is 5.42. The Balaban J connectivity index is 3.72. The molecule has 1 amide bonds. The lowest BCUT2D eigenvalue weighted by Gasteiger charge is -2.20. The topological polar surface area (TPSA) is 38.3 Å². The maximum atomic E-state index is 12.6. The molecule has 0 saturated heterocycles. The summed E-state index contributed by atoms with van der Waals surface area (Å²) in [6.07, 6.45) is 0.851. The van der Waals surface area contributed by atoms with Crippen molar-refractivity contribution in [1.82, 2.24) is 5.32 Å². The highest BCUT2D eigenvalue weighted by Crippen LogP contribution is 2.16. The van der Waals surface area contributed by atoms with Crippen molar-refractivity contribution in [1.29, 1.82) is 0 Å². The Hall–Kier alpha value is -0.870. The number of halogens is 2. The van der Waals surface area contributed by atoms with Crippen LogP contribution in [-0.2, 0) is 4.74 Å². The molecule has 0 aromatic rings. The summed E-state index contributed by atoms with van der Waals surface area (Å²) in [5, 5.41) is 2.07. The predicted molar refractivity (Wildman–Crippen MR) is 49.5 cm³/mol. The third-order valence-electron chi connectivity index (χ3n) is 1.83. The van der Waals surface area contributed by atoms with E-state index in [-0.39, 0.29) is 6.61 Å². The summed E-state index contributed by atoms with van der Waals surface area (Å²) in [6.45, 7) is 4.21. The molecule has 0 aliphatic carbocycles. The first-order valence-electron chi connectivity index (χ1n) is 4.69. The van der Waals surface area contributed by atoms with Gasteiger partial charge in [-0.2, -0.15) is 0 Å². The number of unbranched alkanes of at least 4 members (excludes halogenated alkanes) is 1. The van der Waals surface area contributed by atoms with Crippen molar-refractivity contribution in [3.8, 4) is 0 Å². The summed E-state index contributed by atoms with van der Waals surface area (Å²) in [4.78, 5) is 10.9. The number of hydrogen-bond acceptors (Lipinski definition) is 2. The van der Waals surface area contributed by atoms with E-state index < -0.39 is 18.1 Å². The van der Waals surface area contributed by atoms with Gasteiger partial charge in [0.2, 0.25) is 0 Å². The number of rotatable bonds is 5. The van der Waals surface area contributed by atoms with E-state index in [0.29, 0.717) is 0 Å². The molecule has 0 saturated carbocycles. The van der Waals surface area contributed by atoms with Crippen LogP contribution in [0.25, 0.3) is 0 Å². The van der Waals surface area contributed by atoms with Gasteiger partial charge < -0.3 is 10.1 Å². The molecule has 0 aromatic heterocycles. The highest BCUT2D eigenvalue weighted by Gasteiger charge is 2.31. The molecule has 0 bridgehead atoms. The molecule has 0 rings (SSSR count). The molecular weight excluding hydrogens is 192 g/mol. The third kappa shape index (κ3) is 5.72. The van der Waals surface area contributed by atoms with Gasteiger partial charge in [0.15, 0.2) is 0 Å². The van der Waals surface area contributed by atoms with Crippen molar-refractivity contribution >= 4 is 6.09 Å². The number of carbonyl (C=O) groups excluding carboxylic acids is 1. The van der Waals surface area contributed by atoms with Crippen molar-refractivity contribution in [2.45, 2.75) is 45.6 Å². The summed E-state index contributed by atoms with van der Waals surface area (Å²) in [6, 6.07) is -1.21. The van der Waals surface area contributed by atoms with E-state index in [2.05, 4.69) is 10.1 Å². The van der Waals surface area contributed by atoms with Crippen molar-refractivity contribution in [3.63, 3.8) is 0 Å². The van der Waals surface area contributed by atoms with Crippen molar-refractivity contribution < 1.29 is 18.3 Å². The largest absolute Gasteiger partial charge is 0.450 e. The summed E-state index contributed by atoms with van der Waals surface area (Å²) in [5.41, 5.74) is 0. The molecule has 0 aliphatic rings. The number of carbonyl (C=O) groups is 1. The second-order valence-electron chi connectivity index (χ2n) is 3.31. The fourth-order valence-corrected chi connectivity index (χ4v) is 0.654. The molecule has 14 heavy (non-hydrogen) atoms. The first-order valence-corrected chi connectivity index (χ1v) is 4.69. The van der Waals surface area contributed by atoms with Gasteiger partial charge in [0, 0.05) is 6.92 Å². The first-order chi connectivity index (χ1) is 6.38. The van der Waals surface area contributed by atoms with E-state index in [1.54, 1.807) is 0 Å². The number of nitrogens with one attached hydrogen (secondary N) is 1. The zero-order chi connectivity index (χ0) is 11.2. The van der Waals surface area contributed by atoms with Crippen LogP contribution in [0, 0.1) is 0 Å². The molecule has 1 atom stereocenters. The van der Waals surface area contributed by atoms with Crippen LogP contribution in [0.1, 0.15) is 33.6 Å². The Morgan fingerprint density at radius 1 is 1.57 bits per heavy atom. The first kappa shape index (κ1) is 13.1. The molecule has 0 aliphatic heterocycles. The van der Waals surface area contributed by atoms with Gasteiger partial charge >= 0.3 is 6.09 Å². The normalized spacial score (nSPS) is 13.5. The molecule has 3 nitrogen and oxygen atoms in total. The predicted octanol–water partition coefficient (Wildman–Crippen LogP) is 2.56. The fourth-order valence-electron chi connectivity index (χ4n) is 0.654. The van der Waals surface area contributed by atoms with E-state index in [9.17, 15) is 13.6 Å². The Morgan fingerprint density at radius 3 is 2.57 bits per heavy atom. The number of hydrogen-bond donors (Lipinski definition) is 1. The smallest absolute Gasteiger partial charge is 0.407 e. The van der Waals surface area contributed by atoms with Gasteiger partial charge in [0.1, 0.15) is 0 Å². The molecule has 0 fully saturated rings. The Bertz CT molecular complexity index is 180. The van der Waals surface area contributed by atoms with Gasteiger partial charge in [-0.1, -0.05) is 13.3 Å². The lowest BCUT2D eigenvalue weighted by atomic mass is 10.2. The summed E-state index contributed by atoms with van der Waals surface area (Å²) in [7, 11) is 0. The summed E-state index contributed by atoms with van der Waals surface area (Å²) < 4.78 is 29.9. The van der Waals surface area contributed by atoms with Gasteiger partial charge in [0.25, 0.3) is 5.92 Å². The molecule has 0 unspecified atom stereocenters. The van der Waals surface area contributed by atoms with Gasteiger partial charge in [0.05, 0.1) is 12.6 Å². The Morgan fingerprint density at radius 2 is 2.14 bits per heavy atom. The standard InChI is InChI=1S/C9H17F2NO2/c1-4-5-6-14-8(13)12-7(2)9(3,10)11/h7H,4-6H2,1-3H3,(H,12,13)/t7-/m1/s1. The van der Waals surface area contributed by atoms with Crippen molar-refractivity contribution in [3.05, 3.63) is 0 Å². The van der Waals surface area contributed by atoms with E-state index in [0.717, 1.165) is 19.8 Å². The zero-order valence-electron chi connectivity index (χ0n) is 8.77. The number of alkyl halides is 2. The van der Waals surface area contributed by atoms with Gasteiger partial charge in [-0.15, -0.1) is 0 Å². The van der Waals surface area contributed by atoms with Crippen LogP contribution in [0.2, 0.25) is 0 Å². The van der Waals surface area contributed by atoms with Crippen LogP contribution in [0.4, 0.5) is 13.6 Å². The van der Waals surface area contributed by atoms with E-state index in [1.165, 1.54) is 6.92 Å². The second kappa shape index (κ2) is 5.78. The maximum absolute atomic E-state index is 12.6. The average Bonchev–Trinajstić information content (AvgIpc) is 2.03. The summed E-state index contributed by atoms with van der Waals surface area (Å²) in [5.74, 6) is -2.93. The number of amides is 1. The Labute approximate surface area is 82.8 Å². The highest BCUT2D eigenvalue weighted by molar-refractivity contribution is 5.67. The fraction of sp³-hybridized carbons (Fsp3) is 0.889. The zero-order valence-corrected chi connectivity index (χ0v) is 8.77. The molecule has 84 valence electrons. The SMILES string of the molecule is CCCCOC(=O)N[C@H](C)C(C)(F)F. The molecule has 0 heterocycles. The molecular formula is C9H17F2NO2. The monoisotopic (exact) mass is 209 g/mol. The molecule has 0 radical (unpaired) electrons. The van der Waals surface area contributed by atoms with E-state index in [1.807, 2.05) is 6.92 Å². The van der Waals surface area contributed by atoms with Gasteiger partial charge in [-0.05, 0) is 13.3 Å². The second-order valence-corrected chi connectivity index (χ2v) is 3.31. The minimum atomic E-state index is -2.93. The van der Waals surface area contributed by atoms with Crippen LogP contribution in [0.15, 0.2) is 0 Å². The molecule has 5 heteroatoms. The van der Waals surface area contributed by atoms with Gasteiger partial charge in [-0.3, -0.25) is 0 Å². The van der Waals surface area contributed by atoms with Crippen LogP contribution >= 0.6 is 0 Å². The van der Waals surface area contributed by atoms with Crippen LogP contribution < -0.4 is 5.32 Å². The highest BCUT2D eigenvalue weighted by atomic mass is 19.3. The third-order valence-corrected chi connectivity index (χ3v) is 1.83. The van der Waals surface area contributed by atoms with Gasteiger partial charge in [-0.25, -0.2) is 13.6 Å². The molecule has 0 spiro atoms. The van der Waals surface area contributed by atoms with Crippen LogP contribution in [-0.4, -0.2) is 24.7 Å². The molecule has 1 N–H and O–H groups in total. The lowest BCUT2D eigenvalue weighted by Crippen LogP contribution is -2.44. The minimum absolute atomic E-state index is 0.268. The van der Waals surface area contributed by atoms with Crippen LogP contribution in [0.5, 0.6) is 0 Å². The quantitative estimate of drug-likeness (QED) is 0.706. The van der Waals surface area contributed by atoms with E-state index in [4.69, 9.17) is 0 Å². The average molecular weight is 209 g/mol.